The number of nitrogens with one attached hydrogen (secondary N) is 3. The lowest BCUT2D eigenvalue weighted by Gasteiger charge is -2.11. The van der Waals surface area contributed by atoms with E-state index in [4.69, 9.17) is 9.47 Å². The van der Waals surface area contributed by atoms with Gasteiger partial charge in [0.15, 0.2) is 18.2 Å². The van der Waals surface area contributed by atoms with Gasteiger partial charge in [0.25, 0.3) is 0 Å². The van der Waals surface area contributed by atoms with E-state index in [0.717, 1.165) is 12.3 Å². The van der Waals surface area contributed by atoms with Crippen LogP contribution in [0.25, 0.3) is 0 Å². The molecule has 0 fully saturated rings. The van der Waals surface area contributed by atoms with E-state index in [2.05, 4.69) is 32.5 Å². The summed E-state index contributed by atoms with van der Waals surface area (Å²) in [5.74, 6) is -0.857. The molecule has 3 rings (SSSR count). The van der Waals surface area contributed by atoms with E-state index < -0.39 is 11.8 Å². The normalized spacial score (nSPS) is 10.1. The minimum atomic E-state index is -0.649. The number of carbonyl (C=O) groups excluding carboxylic acids is 2. The Labute approximate surface area is 189 Å². The van der Waals surface area contributed by atoms with Crippen molar-refractivity contribution in [2.45, 2.75) is 6.92 Å². The molecule has 3 N–H and O–H groups in total. The molecule has 0 bridgehead atoms. The molecule has 0 unspecified atom stereocenters. The van der Waals surface area contributed by atoms with Gasteiger partial charge in [0.1, 0.15) is 5.75 Å². The zero-order valence-electron chi connectivity index (χ0n) is 17.8. The number of amides is 1. The lowest BCUT2D eigenvalue weighted by Crippen LogP contribution is -2.14. The topological polar surface area (TPSA) is 114 Å². The quantitative estimate of drug-likeness (QED) is 0.311. The average Bonchev–Trinajstić information content (AvgIpc) is 2.81. The van der Waals surface area contributed by atoms with Gasteiger partial charge in [0.05, 0.1) is 12.8 Å². The van der Waals surface area contributed by atoms with Crippen LogP contribution in [0.2, 0.25) is 0 Å². The Morgan fingerprint density at radius 2 is 1.85 bits per heavy atom. The molecule has 0 saturated carbocycles. The van der Waals surface area contributed by atoms with E-state index in [1.54, 1.807) is 55.5 Å². The van der Waals surface area contributed by atoms with Crippen LogP contribution >= 0.6 is 0 Å². The number of ether oxygens (including phenoxy) is 2. The minimum absolute atomic E-state index is 0.0471. The lowest BCUT2D eigenvalue weighted by atomic mass is 10.2. The van der Waals surface area contributed by atoms with E-state index in [1.165, 1.54) is 0 Å². The molecule has 0 aliphatic rings. The van der Waals surface area contributed by atoms with Crippen molar-refractivity contribution in [3.63, 3.8) is 0 Å². The van der Waals surface area contributed by atoms with Crippen LogP contribution in [0.1, 0.15) is 6.92 Å². The molecule has 9 nitrogen and oxygen atoms in total. The third-order valence-corrected chi connectivity index (χ3v) is 4.09. The van der Waals surface area contributed by atoms with Crippen LogP contribution in [0, 0.1) is 5.82 Å². The molecule has 1 amide bonds. The predicted molar refractivity (Wildman–Crippen MR) is 122 cm³/mol. The van der Waals surface area contributed by atoms with Gasteiger partial charge in [-0.05, 0) is 55.5 Å². The number of rotatable bonds is 10. The highest BCUT2D eigenvalue weighted by Crippen LogP contribution is 2.23. The van der Waals surface area contributed by atoms with Crippen molar-refractivity contribution in [2.75, 3.05) is 29.2 Å². The third kappa shape index (κ3) is 7.03. The van der Waals surface area contributed by atoms with Crippen molar-refractivity contribution in [3.8, 4) is 5.75 Å². The summed E-state index contributed by atoms with van der Waals surface area (Å²) >= 11 is 0. The highest BCUT2D eigenvalue weighted by Gasteiger charge is 2.09. The summed E-state index contributed by atoms with van der Waals surface area (Å²) in [5, 5.41) is 8.47. The Morgan fingerprint density at radius 3 is 2.58 bits per heavy atom. The Balaban J connectivity index is 1.66. The Hall–Kier alpha value is -4.47. The van der Waals surface area contributed by atoms with Gasteiger partial charge in [-0.1, -0.05) is 12.6 Å². The number of esters is 1. The van der Waals surface area contributed by atoms with Crippen LogP contribution in [-0.4, -0.2) is 35.1 Å². The van der Waals surface area contributed by atoms with Crippen molar-refractivity contribution >= 4 is 40.7 Å². The number of hydrogen-bond acceptors (Lipinski definition) is 8. The summed E-state index contributed by atoms with van der Waals surface area (Å²) in [5.41, 5.74) is 1.66. The monoisotopic (exact) mass is 451 g/mol. The second-order valence-corrected chi connectivity index (χ2v) is 6.53. The molecule has 0 atom stereocenters. The van der Waals surface area contributed by atoms with Gasteiger partial charge in [-0.25, -0.2) is 14.2 Å². The molecular formula is C23H22FN5O4. The zero-order valence-corrected chi connectivity index (χ0v) is 17.8. The first-order chi connectivity index (χ1) is 16.0. The fourth-order valence-corrected chi connectivity index (χ4v) is 2.63. The summed E-state index contributed by atoms with van der Waals surface area (Å²) in [6.45, 7) is 5.23. The van der Waals surface area contributed by atoms with Crippen LogP contribution in [-0.2, 0) is 14.3 Å². The van der Waals surface area contributed by atoms with Crippen LogP contribution in [0.5, 0.6) is 5.75 Å². The maximum Gasteiger partial charge on any atom is 0.344 e. The number of benzene rings is 2. The summed E-state index contributed by atoms with van der Waals surface area (Å²) < 4.78 is 24.4. The fraction of sp³-hybridized carbons (Fsp3) is 0.130. The van der Waals surface area contributed by atoms with Crippen LogP contribution < -0.4 is 20.7 Å². The van der Waals surface area contributed by atoms with E-state index in [0.29, 0.717) is 22.8 Å². The molecule has 33 heavy (non-hydrogen) atoms. The van der Waals surface area contributed by atoms with E-state index >= 15 is 0 Å². The number of carbonyl (C=O) groups is 2. The Kier molecular flexibility index (Phi) is 7.90. The van der Waals surface area contributed by atoms with Gasteiger partial charge in [-0.3, -0.25) is 4.79 Å². The van der Waals surface area contributed by atoms with Gasteiger partial charge in [0.2, 0.25) is 11.9 Å². The molecule has 170 valence electrons. The number of nitrogens with zero attached hydrogens (tertiary/aromatic N) is 2. The number of anilines is 5. The molecule has 1 heterocycles. The van der Waals surface area contributed by atoms with Crippen LogP contribution in [0.4, 0.5) is 33.2 Å². The molecule has 0 spiro atoms. The lowest BCUT2D eigenvalue weighted by molar-refractivity contribution is -0.145. The van der Waals surface area contributed by atoms with Gasteiger partial charge in [-0.15, -0.1) is 0 Å². The molecule has 10 heteroatoms. The number of hydrogen-bond donors (Lipinski definition) is 3. The van der Waals surface area contributed by atoms with Gasteiger partial charge >= 0.3 is 5.97 Å². The largest absolute Gasteiger partial charge is 0.482 e. The van der Waals surface area contributed by atoms with E-state index in [1.807, 2.05) is 0 Å². The van der Waals surface area contributed by atoms with Crippen molar-refractivity contribution in [2.24, 2.45) is 0 Å². The first kappa shape index (κ1) is 23.2. The van der Waals surface area contributed by atoms with Crippen molar-refractivity contribution in [1.82, 2.24) is 9.97 Å². The SMILES string of the molecule is C=CC(=O)Nc1cccc(Nc2nc(Nc3ccc(OCC(=O)OCC)cc3)ncc2F)c1. The van der Waals surface area contributed by atoms with E-state index in [9.17, 15) is 14.0 Å². The van der Waals surface area contributed by atoms with Crippen molar-refractivity contribution in [1.29, 1.82) is 0 Å². The van der Waals surface area contributed by atoms with Crippen LogP contribution in [0.3, 0.4) is 0 Å². The predicted octanol–water partition coefficient (Wildman–Crippen LogP) is 4.17. The minimum Gasteiger partial charge on any atom is -0.482 e. The molecule has 2 aromatic carbocycles. The first-order valence-corrected chi connectivity index (χ1v) is 9.95. The smallest absolute Gasteiger partial charge is 0.344 e. The first-order valence-electron chi connectivity index (χ1n) is 9.95. The maximum atomic E-state index is 14.3. The summed E-state index contributed by atoms with van der Waals surface area (Å²) in [4.78, 5) is 30.9. The van der Waals surface area contributed by atoms with Gasteiger partial charge in [0, 0.05) is 17.1 Å². The Bertz CT molecular complexity index is 1140. The third-order valence-electron chi connectivity index (χ3n) is 4.09. The molecule has 3 aromatic rings. The molecule has 0 radical (unpaired) electrons. The number of aromatic nitrogens is 2. The second-order valence-electron chi connectivity index (χ2n) is 6.53. The molecular weight excluding hydrogens is 429 g/mol. The summed E-state index contributed by atoms with van der Waals surface area (Å²) in [7, 11) is 0. The maximum absolute atomic E-state index is 14.3. The van der Waals surface area contributed by atoms with Crippen LogP contribution in [0.15, 0.2) is 67.4 Å². The van der Waals surface area contributed by atoms with Gasteiger partial charge < -0.3 is 25.4 Å². The molecule has 1 aromatic heterocycles. The highest BCUT2D eigenvalue weighted by molar-refractivity contribution is 5.99. The highest BCUT2D eigenvalue weighted by atomic mass is 19.1. The molecule has 0 aliphatic carbocycles. The van der Waals surface area contributed by atoms with Crippen molar-refractivity contribution in [3.05, 3.63) is 73.2 Å². The van der Waals surface area contributed by atoms with Gasteiger partial charge in [-0.2, -0.15) is 4.98 Å². The number of halogens is 1. The average molecular weight is 451 g/mol. The summed E-state index contributed by atoms with van der Waals surface area (Å²) in [6, 6.07) is 13.4. The molecule has 0 aliphatic heterocycles. The summed E-state index contributed by atoms with van der Waals surface area (Å²) in [6.07, 6.45) is 2.19. The van der Waals surface area contributed by atoms with Crippen molar-refractivity contribution < 1.29 is 23.5 Å². The second kappa shape index (κ2) is 11.2. The Morgan fingerprint density at radius 1 is 1.09 bits per heavy atom. The standard InChI is InChI=1S/C23H22FN5O4/c1-3-20(30)26-16-6-5-7-17(12-16)27-22-19(24)13-25-23(29-22)28-15-8-10-18(11-9-15)33-14-21(31)32-4-2/h3,5-13H,1,4,14H2,2H3,(H,26,30)(H2,25,27,28,29). The van der Waals surface area contributed by atoms with E-state index in [-0.39, 0.29) is 30.9 Å². The zero-order chi connectivity index (χ0) is 23.6. The fourth-order valence-electron chi connectivity index (χ4n) is 2.63. The molecule has 0 saturated heterocycles.